The zero-order chi connectivity index (χ0) is 17.9. The molecule has 1 amide bonds. The molecule has 2 aromatic heterocycles. The first-order valence-corrected chi connectivity index (χ1v) is 8.46. The summed E-state index contributed by atoms with van der Waals surface area (Å²) in [6.45, 7) is 2.78. The molecule has 8 nitrogen and oxygen atoms in total. The van der Waals surface area contributed by atoms with Gasteiger partial charge >= 0.3 is 0 Å². The largest absolute Gasteiger partial charge is 0.352 e. The van der Waals surface area contributed by atoms with E-state index < -0.39 is 0 Å². The number of benzene rings is 1. The third-order valence-electron chi connectivity index (χ3n) is 4.55. The zero-order valence-electron chi connectivity index (χ0n) is 14.2. The van der Waals surface area contributed by atoms with Gasteiger partial charge in [-0.2, -0.15) is 5.10 Å². The summed E-state index contributed by atoms with van der Waals surface area (Å²) >= 11 is 0. The van der Waals surface area contributed by atoms with E-state index in [-0.39, 0.29) is 17.9 Å². The summed E-state index contributed by atoms with van der Waals surface area (Å²) in [4.78, 5) is 36.9. The Hall–Kier alpha value is -3.29. The van der Waals surface area contributed by atoms with Crippen molar-refractivity contribution in [3.63, 3.8) is 0 Å². The van der Waals surface area contributed by atoms with E-state index in [1.807, 2.05) is 23.1 Å². The molecule has 1 fully saturated rings. The quantitative estimate of drug-likeness (QED) is 0.685. The smallest absolute Gasteiger partial charge is 0.244 e. The van der Waals surface area contributed by atoms with Crippen LogP contribution in [0.25, 0.3) is 10.9 Å². The lowest BCUT2D eigenvalue weighted by atomic mass is 10.2. The minimum Gasteiger partial charge on any atom is -0.352 e. The molecule has 1 saturated heterocycles. The highest BCUT2D eigenvalue weighted by Gasteiger charge is 2.22. The summed E-state index contributed by atoms with van der Waals surface area (Å²) in [6, 6.07) is 7.20. The molecule has 1 aliphatic rings. The van der Waals surface area contributed by atoms with Gasteiger partial charge in [-0.25, -0.2) is 4.98 Å². The molecular weight excluding hydrogens is 332 g/mol. The van der Waals surface area contributed by atoms with Gasteiger partial charge in [0.15, 0.2) is 0 Å². The molecule has 0 aliphatic carbocycles. The maximum Gasteiger partial charge on any atom is 0.244 e. The predicted octanol–water partition coefficient (Wildman–Crippen LogP) is 0.535. The molecule has 0 unspecified atom stereocenters. The third kappa shape index (κ3) is 3.13. The number of amides is 1. The van der Waals surface area contributed by atoms with E-state index >= 15 is 0 Å². The molecule has 1 aromatic carbocycles. The second kappa shape index (κ2) is 6.91. The van der Waals surface area contributed by atoms with Gasteiger partial charge in [0.05, 0.1) is 17.9 Å². The van der Waals surface area contributed by atoms with Crippen LogP contribution in [0.2, 0.25) is 0 Å². The normalized spacial score (nSPS) is 14.6. The maximum absolute atomic E-state index is 12.7. The van der Waals surface area contributed by atoms with Crippen LogP contribution in [0.1, 0.15) is 0 Å². The van der Waals surface area contributed by atoms with Gasteiger partial charge in [-0.05, 0) is 12.1 Å². The molecule has 8 heteroatoms. The fraction of sp³-hybridized carbons (Fsp3) is 0.278. The van der Waals surface area contributed by atoms with Crippen molar-refractivity contribution in [2.45, 2.75) is 6.54 Å². The van der Waals surface area contributed by atoms with Crippen LogP contribution in [0.4, 0.5) is 5.82 Å². The van der Waals surface area contributed by atoms with Gasteiger partial charge in [0.2, 0.25) is 11.3 Å². The van der Waals surface area contributed by atoms with Gasteiger partial charge in [-0.15, -0.1) is 0 Å². The van der Waals surface area contributed by atoms with E-state index in [0.717, 1.165) is 5.82 Å². The van der Waals surface area contributed by atoms with E-state index in [1.165, 1.54) is 6.20 Å². The summed E-state index contributed by atoms with van der Waals surface area (Å²) < 4.78 is 1.59. The molecule has 4 rings (SSSR count). The van der Waals surface area contributed by atoms with Gasteiger partial charge in [0, 0.05) is 44.0 Å². The molecule has 3 aromatic rings. The molecule has 26 heavy (non-hydrogen) atoms. The molecule has 132 valence electrons. The van der Waals surface area contributed by atoms with Crippen molar-refractivity contribution < 1.29 is 4.79 Å². The summed E-state index contributed by atoms with van der Waals surface area (Å²) in [5.74, 6) is 0.817. The Kier molecular flexibility index (Phi) is 4.30. The summed E-state index contributed by atoms with van der Waals surface area (Å²) in [7, 11) is 0. The number of hydrogen-bond acceptors (Lipinski definition) is 6. The van der Waals surface area contributed by atoms with E-state index in [4.69, 9.17) is 0 Å². The number of fused-ring (bicyclic) bond motifs is 1. The van der Waals surface area contributed by atoms with Crippen LogP contribution in [-0.4, -0.2) is 56.7 Å². The molecule has 0 spiro atoms. The molecule has 1 aliphatic heterocycles. The number of nitrogens with zero attached hydrogens (tertiary/aromatic N) is 6. The monoisotopic (exact) mass is 350 g/mol. The lowest BCUT2D eigenvalue weighted by Crippen LogP contribution is -2.50. The van der Waals surface area contributed by atoms with Crippen LogP contribution in [0, 0.1) is 0 Å². The lowest BCUT2D eigenvalue weighted by Gasteiger charge is -2.35. The first kappa shape index (κ1) is 16.2. The highest BCUT2D eigenvalue weighted by atomic mass is 16.2. The first-order valence-electron chi connectivity index (χ1n) is 8.46. The minimum atomic E-state index is -0.137. The Morgan fingerprint density at radius 3 is 2.62 bits per heavy atom. The van der Waals surface area contributed by atoms with Crippen molar-refractivity contribution in [1.82, 2.24) is 24.6 Å². The van der Waals surface area contributed by atoms with Crippen molar-refractivity contribution >= 4 is 22.6 Å². The Balaban J connectivity index is 1.45. The van der Waals surface area contributed by atoms with Crippen molar-refractivity contribution in [3.8, 4) is 0 Å². The average Bonchev–Trinajstić information content (AvgIpc) is 2.71. The second-order valence-electron chi connectivity index (χ2n) is 6.12. The maximum atomic E-state index is 12.7. The Labute approximate surface area is 149 Å². The van der Waals surface area contributed by atoms with E-state index in [9.17, 15) is 9.59 Å². The number of carbonyl (C=O) groups is 1. The van der Waals surface area contributed by atoms with E-state index in [2.05, 4.69) is 20.0 Å². The van der Waals surface area contributed by atoms with Gasteiger partial charge in [-0.1, -0.05) is 12.1 Å². The number of piperazine rings is 1. The Morgan fingerprint density at radius 2 is 1.85 bits per heavy atom. The Bertz CT molecular complexity index is 980. The number of anilines is 1. The number of aromatic nitrogens is 4. The summed E-state index contributed by atoms with van der Waals surface area (Å²) in [5, 5.41) is 4.70. The lowest BCUT2D eigenvalue weighted by molar-refractivity contribution is -0.132. The fourth-order valence-corrected chi connectivity index (χ4v) is 3.15. The summed E-state index contributed by atoms with van der Waals surface area (Å²) in [5.41, 5.74) is 0.536. The van der Waals surface area contributed by atoms with Crippen LogP contribution >= 0.6 is 0 Å². The molecule has 0 atom stereocenters. The van der Waals surface area contributed by atoms with E-state index in [0.29, 0.717) is 37.1 Å². The van der Waals surface area contributed by atoms with Crippen LogP contribution in [0.15, 0.2) is 53.8 Å². The van der Waals surface area contributed by atoms with Crippen molar-refractivity contribution in [2.75, 3.05) is 31.1 Å². The number of para-hydroxylation sites is 1. The highest BCUT2D eigenvalue weighted by Crippen LogP contribution is 2.13. The average molecular weight is 350 g/mol. The van der Waals surface area contributed by atoms with Crippen molar-refractivity contribution in [1.29, 1.82) is 0 Å². The number of rotatable bonds is 3. The van der Waals surface area contributed by atoms with Crippen LogP contribution in [0.5, 0.6) is 0 Å². The zero-order valence-corrected chi connectivity index (χ0v) is 14.2. The van der Waals surface area contributed by atoms with Gasteiger partial charge in [0.25, 0.3) is 0 Å². The second-order valence-corrected chi connectivity index (χ2v) is 6.12. The van der Waals surface area contributed by atoms with Gasteiger partial charge in [0.1, 0.15) is 12.4 Å². The van der Waals surface area contributed by atoms with Gasteiger partial charge < -0.3 is 9.80 Å². The minimum absolute atomic E-state index is 0.00917. The predicted molar refractivity (Wildman–Crippen MR) is 96.8 cm³/mol. The standard InChI is InChI=1S/C18H18N6O2/c25-16-11-21-24(15-4-2-1-3-14(15)16)13-18(26)23-9-7-22(8-10-23)17-12-19-5-6-20-17/h1-6,11-12H,7-10,13H2. The Morgan fingerprint density at radius 1 is 1.04 bits per heavy atom. The highest BCUT2D eigenvalue weighted by molar-refractivity contribution is 5.81. The van der Waals surface area contributed by atoms with E-state index in [1.54, 1.807) is 29.3 Å². The number of carbonyl (C=O) groups excluding carboxylic acids is 1. The molecule has 0 saturated carbocycles. The van der Waals surface area contributed by atoms with Crippen molar-refractivity contribution in [2.24, 2.45) is 0 Å². The van der Waals surface area contributed by atoms with Crippen LogP contribution < -0.4 is 10.3 Å². The fourth-order valence-electron chi connectivity index (χ4n) is 3.15. The first-order chi connectivity index (χ1) is 12.7. The molecule has 0 N–H and O–H groups in total. The van der Waals surface area contributed by atoms with Gasteiger partial charge in [-0.3, -0.25) is 19.3 Å². The van der Waals surface area contributed by atoms with Crippen molar-refractivity contribution in [3.05, 3.63) is 59.3 Å². The van der Waals surface area contributed by atoms with Crippen LogP contribution in [0.3, 0.4) is 0 Å². The molecule has 3 heterocycles. The third-order valence-corrected chi connectivity index (χ3v) is 4.55. The van der Waals surface area contributed by atoms with Crippen LogP contribution in [-0.2, 0) is 11.3 Å². The topological polar surface area (TPSA) is 84.2 Å². The SMILES string of the molecule is O=C(Cn1ncc(=O)c2ccccc21)N1CCN(c2cnccn2)CC1. The molecule has 0 bridgehead atoms. The molecular formula is C18H18N6O2. The summed E-state index contributed by atoms with van der Waals surface area (Å²) in [6.07, 6.45) is 6.31. The number of hydrogen-bond donors (Lipinski definition) is 0. The molecule has 0 radical (unpaired) electrons.